The molecule has 4 heteroatoms. The standard InChI is InChI=1S/C28H24F4/c1-2-3-4-18-5-8-20(9-6-18)22-13-14-24-23(17-22)12-11-21(27(24)31)10-7-19-15-25(29)28(32)26(30)16-19/h5-6,8-9,11-12,15-16,22H,2-4,13-14,17H2,1H3. The number of fused-ring (bicyclic) bond motifs is 1. The molecule has 0 N–H and O–H groups in total. The third-order valence-corrected chi connectivity index (χ3v) is 6.14. The Morgan fingerprint density at radius 3 is 2.28 bits per heavy atom. The lowest BCUT2D eigenvalue weighted by Gasteiger charge is -2.26. The molecule has 1 aliphatic rings. The topological polar surface area (TPSA) is 0 Å². The van der Waals surface area contributed by atoms with Crippen LogP contribution in [-0.4, -0.2) is 0 Å². The summed E-state index contributed by atoms with van der Waals surface area (Å²) in [6.45, 7) is 2.19. The minimum absolute atomic E-state index is 0.0408. The maximum atomic E-state index is 15.1. The summed E-state index contributed by atoms with van der Waals surface area (Å²) >= 11 is 0. The van der Waals surface area contributed by atoms with Gasteiger partial charge in [-0.15, -0.1) is 0 Å². The minimum atomic E-state index is -1.54. The summed E-state index contributed by atoms with van der Waals surface area (Å²) in [6.07, 6.45) is 5.68. The molecule has 3 aromatic rings. The molecule has 0 heterocycles. The number of unbranched alkanes of at least 4 members (excludes halogenated alkanes) is 1. The maximum absolute atomic E-state index is 15.1. The molecule has 1 atom stereocenters. The molecule has 0 nitrogen and oxygen atoms in total. The fraction of sp³-hybridized carbons (Fsp3) is 0.286. The molecule has 1 aliphatic carbocycles. The average molecular weight is 436 g/mol. The van der Waals surface area contributed by atoms with E-state index in [1.54, 1.807) is 6.07 Å². The monoisotopic (exact) mass is 436 g/mol. The summed E-state index contributed by atoms with van der Waals surface area (Å²) in [5.41, 5.74) is 4.39. The Morgan fingerprint density at radius 1 is 0.875 bits per heavy atom. The van der Waals surface area contributed by atoms with E-state index in [-0.39, 0.29) is 16.9 Å². The lowest BCUT2D eigenvalue weighted by molar-refractivity contribution is 0.446. The molecule has 0 amide bonds. The Bertz CT molecular complexity index is 1160. The van der Waals surface area contributed by atoms with E-state index in [1.165, 1.54) is 24.0 Å². The molecule has 0 radical (unpaired) electrons. The van der Waals surface area contributed by atoms with Crippen LogP contribution in [0.2, 0.25) is 0 Å². The normalized spacial score (nSPS) is 15.1. The molecule has 0 fully saturated rings. The van der Waals surface area contributed by atoms with Crippen LogP contribution in [0, 0.1) is 35.1 Å². The third kappa shape index (κ3) is 4.72. The van der Waals surface area contributed by atoms with Crippen LogP contribution in [-0.2, 0) is 19.3 Å². The van der Waals surface area contributed by atoms with Gasteiger partial charge in [0.25, 0.3) is 0 Å². The molecule has 32 heavy (non-hydrogen) atoms. The van der Waals surface area contributed by atoms with Crippen molar-refractivity contribution in [3.8, 4) is 11.8 Å². The van der Waals surface area contributed by atoms with Crippen molar-refractivity contribution in [3.63, 3.8) is 0 Å². The Kier molecular flexibility index (Phi) is 6.65. The van der Waals surface area contributed by atoms with Gasteiger partial charge in [-0.05, 0) is 78.5 Å². The van der Waals surface area contributed by atoms with Crippen LogP contribution in [0.15, 0.2) is 48.5 Å². The highest BCUT2D eigenvalue weighted by atomic mass is 19.2. The van der Waals surface area contributed by atoms with E-state index in [2.05, 4.69) is 43.0 Å². The molecule has 0 saturated carbocycles. The number of benzene rings is 3. The van der Waals surface area contributed by atoms with Gasteiger partial charge in [0.1, 0.15) is 5.82 Å². The second kappa shape index (κ2) is 9.61. The number of rotatable bonds is 4. The van der Waals surface area contributed by atoms with E-state index in [1.807, 2.05) is 6.07 Å². The molecule has 0 aliphatic heterocycles. The molecule has 164 valence electrons. The van der Waals surface area contributed by atoms with E-state index in [4.69, 9.17) is 0 Å². The molecular weight excluding hydrogens is 412 g/mol. The molecule has 1 unspecified atom stereocenters. The fourth-order valence-corrected chi connectivity index (χ4v) is 4.29. The van der Waals surface area contributed by atoms with Gasteiger partial charge in [-0.2, -0.15) is 0 Å². The minimum Gasteiger partial charge on any atom is -0.205 e. The van der Waals surface area contributed by atoms with Crippen LogP contribution in [0.3, 0.4) is 0 Å². The molecule has 3 aromatic carbocycles. The van der Waals surface area contributed by atoms with Gasteiger partial charge < -0.3 is 0 Å². The smallest absolute Gasteiger partial charge is 0.194 e. The summed E-state index contributed by atoms with van der Waals surface area (Å²) in [7, 11) is 0. The van der Waals surface area contributed by atoms with Gasteiger partial charge in [0.2, 0.25) is 0 Å². The van der Waals surface area contributed by atoms with Crippen LogP contribution in [0.5, 0.6) is 0 Å². The molecule has 4 rings (SSSR count). The first-order valence-corrected chi connectivity index (χ1v) is 11.0. The van der Waals surface area contributed by atoms with Gasteiger partial charge in [0.05, 0.1) is 5.56 Å². The first kappa shape index (κ1) is 22.1. The summed E-state index contributed by atoms with van der Waals surface area (Å²) in [4.78, 5) is 0. The number of hydrogen-bond donors (Lipinski definition) is 0. The first-order valence-electron chi connectivity index (χ1n) is 11.0. The van der Waals surface area contributed by atoms with E-state index < -0.39 is 17.5 Å². The van der Waals surface area contributed by atoms with E-state index in [0.717, 1.165) is 37.0 Å². The summed E-state index contributed by atoms with van der Waals surface area (Å²) in [5, 5.41) is 0. The van der Waals surface area contributed by atoms with Crippen molar-refractivity contribution in [1.29, 1.82) is 0 Å². The maximum Gasteiger partial charge on any atom is 0.194 e. The summed E-state index contributed by atoms with van der Waals surface area (Å²) in [6, 6.07) is 13.9. The third-order valence-electron chi connectivity index (χ3n) is 6.14. The van der Waals surface area contributed by atoms with Crippen molar-refractivity contribution in [2.45, 2.75) is 51.4 Å². The predicted molar refractivity (Wildman–Crippen MR) is 119 cm³/mol. The van der Waals surface area contributed by atoms with Crippen molar-refractivity contribution in [3.05, 3.63) is 105 Å². The highest BCUT2D eigenvalue weighted by Gasteiger charge is 2.23. The quantitative estimate of drug-likeness (QED) is 0.229. The van der Waals surface area contributed by atoms with E-state index in [0.29, 0.717) is 17.9 Å². The van der Waals surface area contributed by atoms with Crippen molar-refractivity contribution < 1.29 is 17.6 Å². The largest absolute Gasteiger partial charge is 0.205 e. The second-order valence-electron chi connectivity index (χ2n) is 8.35. The molecule has 0 aromatic heterocycles. The van der Waals surface area contributed by atoms with Gasteiger partial charge in [-0.1, -0.05) is 55.5 Å². The highest BCUT2D eigenvalue weighted by molar-refractivity contribution is 5.48. The van der Waals surface area contributed by atoms with E-state index >= 15 is 4.39 Å². The molecule has 0 saturated heterocycles. The van der Waals surface area contributed by atoms with Crippen LogP contribution in [0.1, 0.15) is 65.5 Å². The Hall–Kier alpha value is -3.06. The van der Waals surface area contributed by atoms with Crippen molar-refractivity contribution in [1.82, 2.24) is 0 Å². The Morgan fingerprint density at radius 2 is 1.59 bits per heavy atom. The van der Waals surface area contributed by atoms with Crippen LogP contribution in [0.25, 0.3) is 0 Å². The Labute approximate surface area is 186 Å². The van der Waals surface area contributed by atoms with Gasteiger partial charge in [0.15, 0.2) is 17.5 Å². The molecule has 0 spiro atoms. The Balaban J connectivity index is 1.52. The SMILES string of the molecule is CCCCc1ccc(C2CCc3c(ccc(C#Cc4cc(F)c(F)c(F)c4)c3F)C2)cc1. The van der Waals surface area contributed by atoms with E-state index in [9.17, 15) is 13.2 Å². The zero-order valence-electron chi connectivity index (χ0n) is 18.0. The lowest BCUT2D eigenvalue weighted by atomic mass is 9.79. The van der Waals surface area contributed by atoms with Crippen LogP contribution < -0.4 is 0 Å². The van der Waals surface area contributed by atoms with Gasteiger partial charge in [-0.3, -0.25) is 0 Å². The fourth-order valence-electron chi connectivity index (χ4n) is 4.29. The number of aryl methyl sites for hydroxylation is 1. The van der Waals surface area contributed by atoms with Crippen LogP contribution in [0.4, 0.5) is 17.6 Å². The number of halogens is 4. The first-order chi connectivity index (χ1) is 15.5. The van der Waals surface area contributed by atoms with Crippen molar-refractivity contribution in [2.24, 2.45) is 0 Å². The van der Waals surface area contributed by atoms with Crippen molar-refractivity contribution >= 4 is 0 Å². The molecule has 0 bridgehead atoms. The average Bonchev–Trinajstić information content (AvgIpc) is 2.81. The summed E-state index contributed by atoms with van der Waals surface area (Å²) < 4.78 is 54.9. The second-order valence-corrected chi connectivity index (χ2v) is 8.35. The number of hydrogen-bond acceptors (Lipinski definition) is 0. The lowest BCUT2D eigenvalue weighted by Crippen LogP contribution is -2.15. The van der Waals surface area contributed by atoms with Gasteiger partial charge in [-0.25, -0.2) is 17.6 Å². The summed E-state index contributed by atoms with van der Waals surface area (Å²) in [5.74, 6) is 0.970. The zero-order valence-corrected chi connectivity index (χ0v) is 18.0. The predicted octanol–water partition coefficient (Wildman–Crippen LogP) is 7.26. The zero-order chi connectivity index (χ0) is 22.7. The van der Waals surface area contributed by atoms with Crippen LogP contribution >= 0.6 is 0 Å². The van der Waals surface area contributed by atoms with Crippen molar-refractivity contribution in [2.75, 3.05) is 0 Å². The van der Waals surface area contributed by atoms with Gasteiger partial charge in [0, 0.05) is 5.56 Å². The van der Waals surface area contributed by atoms with Gasteiger partial charge >= 0.3 is 0 Å². The highest BCUT2D eigenvalue weighted by Crippen LogP contribution is 2.34. The molecular formula is C28H24F4.